The van der Waals surface area contributed by atoms with Crippen molar-refractivity contribution >= 4 is 28.6 Å². The van der Waals surface area contributed by atoms with Crippen molar-refractivity contribution in [2.24, 2.45) is 4.99 Å². The number of carbonyl (C=O) groups is 1. The number of benzene rings is 1. The number of aliphatic imine (C=N–C) groups is 1. The van der Waals surface area contributed by atoms with Gasteiger partial charge in [0.1, 0.15) is 5.75 Å². The van der Waals surface area contributed by atoms with E-state index < -0.39 is 6.04 Å². The van der Waals surface area contributed by atoms with Crippen molar-refractivity contribution in [2.75, 3.05) is 12.4 Å². The fourth-order valence-electron chi connectivity index (χ4n) is 1.80. The number of carbonyl (C=O) groups excluding carboxylic acids is 1. The highest BCUT2D eigenvalue weighted by molar-refractivity contribution is 8.15. The van der Waals surface area contributed by atoms with Crippen LogP contribution in [0, 0.1) is 0 Å². The number of ether oxygens (including phenoxy) is 1. The van der Waals surface area contributed by atoms with Gasteiger partial charge in [-0.15, -0.1) is 0 Å². The van der Waals surface area contributed by atoms with Crippen LogP contribution in [-0.4, -0.2) is 34.1 Å². The first-order chi connectivity index (χ1) is 8.94. The van der Waals surface area contributed by atoms with Gasteiger partial charge in [-0.2, -0.15) is 0 Å². The third-order valence-electron chi connectivity index (χ3n) is 2.83. The molecule has 0 bridgehead atoms. The average molecular weight is 280 g/mol. The van der Waals surface area contributed by atoms with E-state index in [9.17, 15) is 9.90 Å². The normalized spacial score (nSPS) is 20.8. The first-order valence-corrected chi connectivity index (χ1v) is 6.65. The lowest BCUT2D eigenvalue weighted by Crippen LogP contribution is -2.35. The maximum absolute atomic E-state index is 11.7. The summed E-state index contributed by atoms with van der Waals surface area (Å²) in [7, 11) is 1.35. The molecule has 0 saturated carbocycles. The molecular formula is C13H16N2O3S. The number of phenolic OH excluding ortho intramolecular Hbond substituents is 1. The highest BCUT2D eigenvalue weighted by atomic mass is 32.2. The van der Waals surface area contributed by atoms with Crippen molar-refractivity contribution in [3.05, 3.63) is 24.3 Å². The van der Waals surface area contributed by atoms with Crippen LogP contribution in [0.2, 0.25) is 0 Å². The summed E-state index contributed by atoms with van der Waals surface area (Å²) >= 11 is 1.45. The number of rotatable bonds is 2. The number of thioether (sulfide) groups is 1. The Hall–Kier alpha value is -1.69. The molecule has 1 unspecified atom stereocenters. The minimum absolute atomic E-state index is 0.144. The highest BCUT2D eigenvalue weighted by Gasteiger charge is 2.43. The number of hydrogen-bond donors (Lipinski definition) is 2. The van der Waals surface area contributed by atoms with E-state index >= 15 is 0 Å². The first kappa shape index (κ1) is 13.7. The third-order valence-corrected chi connectivity index (χ3v) is 3.98. The van der Waals surface area contributed by atoms with E-state index in [-0.39, 0.29) is 16.5 Å². The standard InChI is InChI=1S/C13H16N2O3S/c1-13(2)10(11(17)18-3)15-12(19-13)14-8-6-4-5-7-9(8)16/h4-7,10,16H,1-3H3,(H,14,15). The molecule has 0 aromatic heterocycles. The Morgan fingerprint density at radius 2 is 2.16 bits per heavy atom. The summed E-state index contributed by atoms with van der Waals surface area (Å²) < 4.78 is 4.38. The van der Waals surface area contributed by atoms with Gasteiger partial charge >= 0.3 is 5.97 Å². The number of hydrogen-bond acceptors (Lipinski definition) is 6. The molecular weight excluding hydrogens is 264 g/mol. The van der Waals surface area contributed by atoms with Crippen LogP contribution in [0.3, 0.4) is 0 Å². The molecule has 1 aromatic rings. The topological polar surface area (TPSA) is 70.9 Å². The van der Waals surface area contributed by atoms with Crippen LogP contribution in [0.25, 0.3) is 0 Å². The number of phenols is 1. The lowest BCUT2D eigenvalue weighted by atomic mass is 10.0. The second-order valence-electron chi connectivity index (χ2n) is 4.71. The molecule has 1 aliphatic rings. The van der Waals surface area contributed by atoms with Crippen LogP contribution in [0.4, 0.5) is 5.69 Å². The molecule has 0 amide bonds. The molecule has 1 aromatic carbocycles. The zero-order chi connectivity index (χ0) is 14.0. The Morgan fingerprint density at radius 3 is 2.79 bits per heavy atom. The number of nitrogens with zero attached hydrogens (tertiary/aromatic N) is 1. The molecule has 19 heavy (non-hydrogen) atoms. The third kappa shape index (κ3) is 2.84. The summed E-state index contributed by atoms with van der Waals surface area (Å²) in [5, 5.41) is 13.3. The van der Waals surface area contributed by atoms with Gasteiger partial charge in [0.05, 0.1) is 17.5 Å². The van der Waals surface area contributed by atoms with Crippen LogP contribution >= 0.6 is 11.8 Å². The van der Waals surface area contributed by atoms with Gasteiger partial charge in [0.2, 0.25) is 0 Å². The Bertz CT molecular complexity index is 528. The second-order valence-corrected chi connectivity index (χ2v) is 6.35. The quantitative estimate of drug-likeness (QED) is 0.642. The number of methoxy groups -OCH3 is 1. The zero-order valence-electron chi connectivity index (χ0n) is 11.0. The maximum atomic E-state index is 11.7. The van der Waals surface area contributed by atoms with Crippen LogP contribution in [0.15, 0.2) is 29.3 Å². The van der Waals surface area contributed by atoms with Crippen molar-refractivity contribution in [1.29, 1.82) is 0 Å². The summed E-state index contributed by atoms with van der Waals surface area (Å²) in [6.07, 6.45) is 0. The van der Waals surface area contributed by atoms with Crippen molar-refractivity contribution in [3.8, 4) is 5.75 Å². The molecule has 0 aliphatic carbocycles. The molecule has 6 heteroatoms. The molecule has 0 fully saturated rings. The maximum Gasteiger partial charge on any atom is 0.332 e. The van der Waals surface area contributed by atoms with Crippen LogP contribution in [0.1, 0.15) is 13.8 Å². The molecule has 0 radical (unpaired) electrons. The fraction of sp³-hybridized carbons (Fsp3) is 0.385. The van der Waals surface area contributed by atoms with Gasteiger partial charge in [-0.25, -0.2) is 9.79 Å². The summed E-state index contributed by atoms with van der Waals surface area (Å²) in [6.45, 7) is 3.87. The molecule has 2 rings (SSSR count). The van der Waals surface area contributed by atoms with Crippen molar-refractivity contribution in [1.82, 2.24) is 0 Å². The van der Waals surface area contributed by atoms with Gasteiger partial charge in [0, 0.05) is 0 Å². The predicted octanol–water partition coefficient (Wildman–Crippen LogP) is 2.23. The number of para-hydroxylation sites is 2. The van der Waals surface area contributed by atoms with Crippen LogP contribution in [-0.2, 0) is 9.53 Å². The molecule has 102 valence electrons. The van der Waals surface area contributed by atoms with E-state index in [2.05, 4.69) is 10.3 Å². The molecule has 1 atom stereocenters. The predicted molar refractivity (Wildman–Crippen MR) is 76.6 cm³/mol. The van der Waals surface area contributed by atoms with E-state index in [1.165, 1.54) is 18.9 Å². The Balaban J connectivity index is 2.19. The number of nitrogens with one attached hydrogen (secondary N) is 1. The van der Waals surface area contributed by atoms with Crippen LogP contribution in [0.5, 0.6) is 5.75 Å². The first-order valence-electron chi connectivity index (χ1n) is 5.83. The van der Waals surface area contributed by atoms with E-state index in [0.717, 1.165) is 0 Å². The number of aromatic hydroxyl groups is 1. The highest BCUT2D eigenvalue weighted by Crippen LogP contribution is 2.39. The lowest BCUT2D eigenvalue weighted by molar-refractivity contribution is -0.142. The van der Waals surface area contributed by atoms with E-state index in [4.69, 9.17) is 4.74 Å². The molecule has 0 spiro atoms. The number of amidine groups is 1. The van der Waals surface area contributed by atoms with Gasteiger partial charge in [-0.3, -0.25) is 0 Å². The van der Waals surface area contributed by atoms with Crippen molar-refractivity contribution < 1.29 is 14.6 Å². The SMILES string of the molecule is COC(=O)C1N=C(Nc2ccccc2O)SC1(C)C. The van der Waals surface area contributed by atoms with Gasteiger partial charge in [0.25, 0.3) is 0 Å². The number of esters is 1. The minimum Gasteiger partial charge on any atom is -0.506 e. The summed E-state index contributed by atoms with van der Waals surface area (Å²) in [5.74, 6) is -0.211. The smallest absolute Gasteiger partial charge is 0.332 e. The minimum atomic E-state index is -0.546. The average Bonchev–Trinajstić information content (AvgIpc) is 2.66. The van der Waals surface area contributed by atoms with Crippen molar-refractivity contribution in [3.63, 3.8) is 0 Å². The van der Waals surface area contributed by atoms with Crippen molar-refractivity contribution in [2.45, 2.75) is 24.6 Å². The van der Waals surface area contributed by atoms with Gasteiger partial charge < -0.3 is 15.2 Å². The summed E-state index contributed by atoms with van der Waals surface area (Å²) in [4.78, 5) is 16.0. The Labute approximate surface area is 116 Å². The van der Waals surface area contributed by atoms with E-state index in [1.54, 1.807) is 18.2 Å². The molecule has 1 heterocycles. The largest absolute Gasteiger partial charge is 0.506 e. The van der Waals surface area contributed by atoms with Gasteiger partial charge in [-0.05, 0) is 26.0 Å². The molecule has 2 N–H and O–H groups in total. The second kappa shape index (κ2) is 5.13. The fourth-order valence-corrected chi connectivity index (χ4v) is 2.88. The summed E-state index contributed by atoms with van der Waals surface area (Å²) in [6, 6.07) is 6.34. The molecule has 5 nitrogen and oxygen atoms in total. The van der Waals surface area contributed by atoms with E-state index in [0.29, 0.717) is 10.9 Å². The van der Waals surface area contributed by atoms with Gasteiger partial charge in [-0.1, -0.05) is 23.9 Å². The number of anilines is 1. The Kier molecular flexibility index (Phi) is 3.71. The monoisotopic (exact) mass is 280 g/mol. The molecule has 1 aliphatic heterocycles. The Morgan fingerprint density at radius 1 is 1.47 bits per heavy atom. The zero-order valence-corrected chi connectivity index (χ0v) is 11.8. The summed E-state index contributed by atoms with van der Waals surface area (Å²) in [5.41, 5.74) is 0.565. The van der Waals surface area contributed by atoms with Crippen LogP contribution < -0.4 is 5.32 Å². The molecule has 0 saturated heterocycles. The van der Waals surface area contributed by atoms with E-state index in [1.807, 2.05) is 19.9 Å². The van der Waals surface area contributed by atoms with Gasteiger partial charge in [0.15, 0.2) is 11.2 Å². The lowest BCUT2D eigenvalue weighted by Gasteiger charge is -2.21.